The van der Waals surface area contributed by atoms with E-state index in [1.165, 1.54) is 20.3 Å². The fraction of sp³-hybridized carbons (Fsp3) is 0.0800. The normalized spacial score (nSPS) is 13.9. The predicted octanol–water partition coefficient (Wildman–Crippen LogP) is 5.57. The first-order chi connectivity index (χ1) is 16.4. The lowest BCUT2D eigenvalue weighted by atomic mass is 10.1. The third-order valence-electron chi connectivity index (χ3n) is 4.79. The van der Waals surface area contributed by atoms with Crippen molar-refractivity contribution in [1.82, 2.24) is 0 Å². The van der Waals surface area contributed by atoms with Crippen LogP contribution in [0.2, 0.25) is 10.0 Å². The zero-order valence-electron chi connectivity index (χ0n) is 18.0. The van der Waals surface area contributed by atoms with E-state index < -0.39 is 11.9 Å². The Morgan fingerprint density at radius 2 is 1.56 bits per heavy atom. The molecule has 0 atom stereocenters. The van der Waals surface area contributed by atoms with E-state index in [4.69, 9.17) is 42.1 Å². The smallest absolute Gasteiger partial charge is 0.363 e. The van der Waals surface area contributed by atoms with E-state index in [-0.39, 0.29) is 17.3 Å². The fourth-order valence-corrected chi connectivity index (χ4v) is 3.43. The molecular formula is C25H17Cl2NO6. The Balaban J connectivity index is 1.59. The second-order valence-corrected chi connectivity index (χ2v) is 7.86. The molecule has 9 heteroatoms. The molecule has 0 unspecified atom stereocenters. The van der Waals surface area contributed by atoms with Gasteiger partial charge < -0.3 is 18.9 Å². The summed E-state index contributed by atoms with van der Waals surface area (Å²) >= 11 is 11.9. The lowest BCUT2D eigenvalue weighted by Crippen LogP contribution is -2.09. The highest BCUT2D eigenvalue weighted by Gasteiger charge is 2.26. The molecule has 0 saturated heterocycles. The van der Waals surface area contributed by atoms with Crippen molar-refractivity contribution >= 4 is 47.1 Å². The van der Waals surface area contributed by atoms with Gasteiger partial charge in [-0.25, -0.2) is 14.6 Å². The number of cyclic esters (lactones) is 1. The van der Waals surface area contributed by atoms with Crippen LogP contribution in [-0.2, 0) is 9.53 Å². The van der Waals surface area contributed by atoms with Gasteiger partial charge in [0.25, 0.3) is 0 Å². The molecule has 1 aliphatic rings. The number of hydrogen-bond donors (Lipinski definition) is 0. The molecule has 0 aliphatic carbocycles. The van der Waals surface area contributed by atoms with Crippen molar-refractivity contribution in [2.24, 2.45) is 4.99 Å². The first-order valence-electron chi connectivity index (χ1n) is 9.90. The van der Waals surface area contributed by atoms with Gasteiger partial charge in [0.05, 0.1) is 25.3 Å². The molecule has 172 valence electrons. The number of halogens is 2. The summed E-state index contributed by atoms with van der Waals surface area (Å²) in [5, 5.41) is 0.956. The summed E-state index contributed by atoms with van der Waals surface area (Å²) in [5.74, 6) is -0.142. The van der Waals surface area contributed by atoms with Crippen molar-refractivity contribution in [1.29, 1.82) is 0 Å². The molecule has 0 fully saturated rings. The molecule has 0 spiro atoms. The number of benzene rings is 3. The van der Waals surface area contributed by atoms with Gasteiger partial charge in [-0.05, 0) is 66.2 Å². The molecule has 0 aromatic heterocycles. The van der Waals surface area contributed by atoms with E-state index in [0.717, 1.165) is 0 Å². The molecule has 0 bridgehead atoms. The summed E-state index contributed by atoms with van der Waals surface area (Å²) in [6.45, 7) is 0. The SMILES string of the molecule is COc1cc(C=C2N=C(c3cc(Cl)ccc3OC)OC2=O)ccc1OC(=O)c1ccc(Cl)cc1. The van der Waals surface area contributed by atoms with Gasteiger partial charge in [-0.15, -0.1) is 0 Å². The minimum Gasteiger partial charge on any atom is -0.496 e. The third kappa shape index (κ3) is 5.06. The van der Waals surface area contributed by atoms with E-state index in [1.54, 1.807) is 60.7 Å². The average molecular weight is 498 g/mol. The van der Waals surface area contributed by atoms with E-state index in [2.05, 4.69) is 4.99 Å². The lowest BCUT2D eigenvalue weighted by molar-refractivity contribution is -0.129. The van der Waals surface area contributed by atoms with Gasteiger partial charge in [-0.3, -0.25) is 0 Å². The molecule has 3 aromatic rings. The molecule has 1 heterocycles. The molecule has 0 saturated carbocycles. The largest absolute Gasteiger partial charge is 0.496 e. The maximum Gasteiger partial charge on any atom is 0.363 e. The minimum absolute atomic E-state index is 0.0741. The monoisotopic (exact) mass is 497 g/mol. The van der Waals surface area contributed by atoms with Gasteiger partial charge >= 0.3 is 11.9 Å². The molecule has 34 heavy (non-hydrogen) atoms. The van der Waals surface area contributed by atoms with Crippen LogP contribution in [0.3, 0.4) is 0 Å². The van der Waals surface area contributed by atoms with Gasteiger partial charge in [0.2, 0.25) is 5.90 Å². The first kappa shape index (κ1) is 23.4. The molecule has 7 nitrogen and oxygen atoms in total. The van der Waals surface area contributed by atoms with Crippen molar-refractivity contribution < 1.29 is 28.5 Å². The van der Waals surface area contributed by atoms with Crippen molar-refractivity contribution in [3.8, 4) is 17.2 Å². The Hall–Kier alpha value is -3.81. The second kappa shape index (κ2) is 9.99. The number of aliphatic imine (C=N–C) groups is 1. The summed E-state index contributed by atoms with van der Waals surface area (Å²) in [7, 11) is 2.94. The van der Waals surface area contributed by atoms with Gasteiger partial charge in [0.1, 0.15) is 5.75 Å². The fourth-order valence-electron chi connectivity index (χ4n) is 3.13. The van der Waals surface area contributed by atoms with Crippen LogP contribution in [0.4, 0.5) is 0 Å². The standard InChI is InChI=1S/C25H17Cl2NO6/c1-31-20-10-8-17(27)13-18(20)23-28-19(25(30)34-23)11-14-3-9-21(22(12-14)32-2)33-24(29)15-4-6-16(26)7-5-15/h3-13H,1-2H3. The molecule has 0 N–H and O–H groups in total. The molecular weight excluding hydrogens is 481 g/mol. The second-order valence-electron chi connectivity index (χ2n) is 6.99. The van der Waals surface area contributed by atoms with E-state index in [0.29, 0.717) is 38.2 Å². The zero-order chi connectivity index (χ0) is 24.2. The number of methoxy groups -OCH3 is 2. The quantitative estimate of drug-likeness (QED) is 0.251. The number of esters is 2. The average Bonchev–Trinajstić information content (AvgIpc) is 3.20. The summed E-state index contributed by atoms with van der Waals surface area (Å²) in [6.07, 6.45) is 1.53. The number of ether oxygens (including phenoxy) is 4. The van der Waals surface area contributed by atoms with Crippen molar-refractivity contribution in [2.45, 2.75) is 0 Å². The van der Waals surface area contributed by atoms with Crippen LogP contribution in [0.5, 0.6) is 17.2 Å². The van der Waals surface area contributed by atoms with Crippen LogP contribution < -0.4 is 14.2 Å². The summed E-state index contributed by atoms with van der Waals surface area (Å²) < 4.78 is 21.4. The topological polar surface area (TPSA) is 83.4 Å². The Morgan fingerprint density at radius 3 is 2.26 bits per heavy atom. The van der Waals surface area contributed by atoms with Crippen LogP contribution in [0, 0.1) is 0 Å². The van der Waals surface area contributed by atoms with Gasteiger partial charge in [0.15, 0.2) is 17.2 Å². The van der Waals surface area contributed by atoms with E-state index in [9.17, 15) is 9.59 Å². The molecule has 0 amide bonds. The van der Waals surface area contributed by atoms with Gasteiger partial charge in [-0.1, -0.05) is 29.3 Å². The number of nitrogens with zero attached hydrogens (tertiary/aromatic N) is 1. The molecule has 3 aromatic carbocycles. The van der Waals surface area contributed by atoms with Crippen LogP contribution in [0.25, 0.3) is 6.08 Å². The lowest BCUT2D eigenvalue weighted by Gasteiger charge is -2.10. The highest BCUT2D eigenvalue weighted by Crippen LogP contribution is 2.31. The highest BCUT2D eigenvalue weighted by molar-refractivity contribution is 6.31. The summed E-state index contributed by atoms with van der Waals surface area (Å²) in [6, 6.07) is 16.1. The molecule has 4 rings (SSSR count). The van der Waals surface area contributed by atoms with Crippen molar-refractivity contribution in [2.75, 3.05) is 14.2 Å². The van der Waals surface area contributed by atoms with Crippen LogP contribution in [0.15, 0.2) is 71.4 Å². The summed E-state index contributed by atoms with van der Waals surface area (Å²) in [4.78, 5) is 29.1. The van der Waals surface area contributed by atoms with Crippen molar-refractivity contribution in [3.05, 3.63) is 93.1 Å². The van der Waals surface area contributed by atoms with E-state index in [1.807, 2.05) is 0 Å². The predicted molar refractivity (Wildman–Crippen MR) is 128 cm³/mol. The Labute approximate surface area is 205 Å². The molecule has 0 radical (unpaired) electrons. The maximum atomic E-state index is 12.4. The Morgan fingerprint density at radius 1 is 0.882 bits per heavy atom. The van der Waals surface area contributed by atoms with Crippen LogP contribution in [-0.4, -0.2) is 32.1 Å². The maximum absolute atomic E-state index is 12.4. The van der Waals surface area contributed by atoms with Crippen LogP contribution in [0.1, 0.15) is 21.5 Å². The van der Waals surface area contributed by atoms with Crippen molar-refractivity contribution in [3.63, 3.8) is 0 Å². The van der Waals surface area contributed by atoms with Gasteiger partial charge in [0, 0.05) is 10.0 Å². The number of carbonyl (C=O) groups is 2. The third-order valence-corrected chi connectivity index (χ3v) is 5.27. The first-order valence-corrected chi connectivity index (χ1v) is 10.7. The highest BCUT2D eigenvalue weighted by atomic mass is 35.5. The number of hydrogen-bond acceptors (Lipinski definition) is 7. The summed E-state index contributed by atoms with van der Waals surface area (Å²) in [5.41, 5.74) is 1.45. The number of rotatable bonds is 6. The Kier molecular flexibility index (Phi) is 6.86. The van der Waals surface area contributed by atoms with E-state index >= 15 is 0 Å². The minimum atomic E-state index is -0.630. The number of carbonyl (C=O) groups excluding carboxylic acids is 2. The van der Waals surface area contributed by atoms with Crippen LogP contribution >= 0.6 is 23.2 Å². The zero-order valence-corrected chi connectivity index (χ0v) is 19.5. The Bertz CT molecular complexity index is 1330. The molecule has 1 aliphatic heterocycles. The van der Waals surface area contributed by atoms with Gasteiger partial charge in [-0.2, -0.15) is 0 Å².